The number of fused-ring (bicyclic) bond motifs is 5. The fraction of sp³-hybridized carbons (Fsp3) is 0.364. The van der Waals surface area contributed by atoms with Crippen LogP contribution in [0.4, 0.5) is 5.13 Å². The molecule has 0 N–H and O–H groups in total. The SMILES string of the molecule is O=C([C@H]1[C@@H]2C[C@@H](CN(c3nncs3)C2)c2cccc(=O)n21)N1Cc2ccccc2C1. The average Bonchev–Trinajstić information content (AvgIpc) is 3.44. The van der Waals surface area contributed by atoms with Gasteiger partial charge in [-0.05, 0) is 23.6 Å². The predicted molar refractivity (Wildman–Crippen MR) is 113 cm³/mol. The average molecular weight is 420 g/mol. The second-order valence-electron chi connectivity index (χ2n) is 8.39. The number of anilines is 1. The van der Waals surface area contributed by atoms with Crippen molar-refractivity contribution in [1.29, 1.82) is 0 Å². The van der Waals surface area contributed by atoms with Crippen LogP contribution in [0.2, 0.25) is 0 Å². The molecule has 2 bridgehead atoms. The lowest BCUT2D eigenvalue weighted by Crippen LogP contribution is -2.53. The Balaban J connectivity index is 1.39. The van der Waals surface area contributed by atoms with Crippen molar-refractivity contribution in [3.05, 3.63) is 75.1 Å². The first-order valence-corrected chi connectivity index (χ1v) is 11.1. The van der Waals surface area contributed by atoms with Gasteiger partial charge in [-0.1, -0.05) is 41.7 Å². The highest BCUT2D eigenvalue weighted by molar-refractivity contribution is 7.13. The molecule has 6 rings (SSSR count). The summed E-state index contributed by atoms with van der Waals surface area (Å²) in [5.41, 5.74) is 5.01. The number of carbonyl (C=O) groups is 1. The van der Waals surface area contributed by atoms with E-state index in [0.29, 0.717) is 19.6 Å². The smallest absolute Gasteiger partial charge is 0.251 e. The number of piperidine rings is 1. The second-order valence-corrected chi connectivity index (χ2v) is 9.20. The van der Waals surface area contributed by atoms with Crippen LogP contribution in [-0.4, -0.2) is 38.7 Å². The van der Waals surface area contributed by atoms with Gasteiger partial charge in [-0.2, -0.15) is 0 Å². The van der Waals surface area contributed by atoms with E-state index in [-0.39, 0.29) is 23.3 Å². The topological polar surface area (TPSA) is 71.3 Å². The summed E-state index contributed by atoms with van der Waals surface area (Å²) in [6.45, 7) is 2.73. The number of carbonyl (C=O) groups excluding carboxylic acids is 1. The van der Waals surface area contributed by atoms with Crippen molar-refractivity contribution < 1.29 is 4.79 Å². The van der Waals surface area contributed by atoms with Gasteiger partial charge in [0.05, 0.1) is 0 Å². The lowest BCUT2D eigenvalue weighted by Gasteiger charge is -2.46. The van der Waals surface area contributed by atoms with Crippen LogP contribution < -0.4 is 10.5 Å². The van der Waals surface area contributed by atoms with Crippen molar-refractivity contribution in [2.75, 3.05) is 18.0 Å². The van der Waals surface area contributed by atoms with Gasteiger partial charge in [-0.3, -0.25) is 14.2 Å². The highest BCUT2D eigenvalue weighted by Crippen LogP contribution is 2.43. The van der Waals surface area contributed by atoms with E-state index in [9.17, 15) is 9.59 Å². The third kappa shape index (κ3) is 2.70. The van der Waals surface area contributed by atoms with Gasteiger partial charge in [-0.25, -0.2) is 0 Å². The quantitative estimate of drug-likeness (QED) is 0.638. The Kier molecular flexibility index (Phi) is 4.02. The van der Waals surface area contributed by atoms with Crippen molar-refractivity contribution >= 4 is 22.4 Å². The van der Waals surface area contributed by atoms with Crippen LogP contribution in [0.25, 0.3) is 0 Å². The first-order chi connectivity index (χ1) is 14.7. The number of benzene rings is 1. The molecule has 3 aliphatic rings. The fourth-order valence-corrected chi connectivity index (χ4v) is 5.97. The summed E-state index contributed by atoms with van der Waals surface area (Å²) in [4.78, 5) is 30.8. The number of hydrogen-bond acceptors (Lipinski definition) is 6. The first kappa shape index (κ1) is 17.8. The molecule has 8 heteroatoms. The van der Waals surface area contributed by atoms with Crippen molar-refractivity contribution in [2.24, 2.45) is 5.92 Å². The van der Waals surface area contributed by atoms with Gasteiger partial charge in [-0.15, -0.1) is 10.2 Å². The number of pyridine rings is 1. The molecule has 0 spiro atoms. The summed E-state index contributed by atoms with van der Waals surface area (Å²) in [6.07, 6.45) is 0.913. The molecule has 3 atom stereocenters. The Labute approximate surface area is 177 Å². The molecule has 1 fully saturated rings. The number of rotatable bonds is 2. The van der Waals surface area contributed by atoms with Crippen LogP contribution in [0.1, 0.15) is 35.2 Å². The van der Waals surface area contributed by atoms with Gasteiger partial charge in [0.15, 0.2) is 0 Å². The molecule has 1 saturated heterocycles. The van der Waals surface area contributed by atoms with Gasteiger partial charge in [0.1, 0.15) is 11.6 Å². The van der Waals surface area contributed by atoms with Crippen LogP contribution in [0, 0.1) is 5.92 Å². The Morgan fingerprint density at radius 1 is 1.03 bits per heavy atom. The summed E-state index contributed by atoms with van der Waals surface area (Å²) in [5, 5.41) is 9.12. The van der Waals surface area contributed by atoms with E-state index in [1.165, 1.54) is 22.5 Å². The highest BCUT2D eigenvalue weighted by Gasteiger charge is 2.46. The molecule has 0 aliphatic carbocycles. The molecule has 0 unspecified atom stereocenters. The standard InChI is InChI=1S/C22H21N5O2S/c28-19-7-3-6-18-16-8-17(12-26(11-16)22-24-23-13-30-22)20(27(18)19)21(29)25-9-14-4-1-2-5-15(14)10-25/h1-7,13,16-17,20H,8-12H2/t16-,17+,20+/m0/s1. The third-order valence-corrected chi connectivity index (χ3v) is 7.42. The molecule has 0 saturated carbocycles. The van der Waals surface area contributed by atoms with Gasteiger partial charge < -0.3 is 9.80 Å². The minimum atomic E-state index is -0.477. The van der Waals surface area contributed by atoms with E-state index in [0.717, 1.165) is 23.8 Å². The molecular weight excluding hydrogens is 398 g/mol. The summed E-state index contributed by atoms with van der Waals surface area (Å²) in [6, 6.07) is 13.1. The summed E-state index contributed by atoms with van der Waals surface area (Å²) in [5.74, 6) is 0.321. The van der Waals surface area contributed by atoms with E-state index < -0.39 is 6.04 Å². The summed E-state index contributed by atoms with van der Waals surface area (Å²) in [7, 11) is 0. The molecule has 0 radical (unpaired) electrons. The van der Waals surface area contributed by atoms with Crippen LogP contribution in [0.3, 0.4) is 0 Å². The van der Waals surface area contributed by atoms with Crippen molar-refractivity contribution in [2.45, 2.75) is 31.5 Å². The van der Waals surface area contributed by atoms with Crippen molar-refractivity contribution in [3.63, 3.8) is 0 Å². The Bertz CT molecular complexity index is 1150. The van der Waals surface area contributed by atoms with Crippen LogP contribution >= 0.6 is 11.3 Å². The molecule has 1 amide bonds. The minimum Gasteiger partial charge on any atom is -0.346 e. The van der Waals surface area contributed by atoms with E-state index in [2.05, 4.69) is 27.2 Å². The van der Waals surface area contributed by atoms with E-state index in [4.69, 9.17) is 0 Å². The number of hydrogen-bond donors (Lipinski definition) is 0. The molecule has 2 aromatic heterocycles. The Morgan fingerprint density at radius 2 is 1.83 bits per heavy atom. The van der Waals surface area contributed by atoms with Crippen LogP contribution in [-0.2, 0) is 17.9 Å². The Hall–Kier alpha value is -3.00. The number of nitrogens with zero attached hydrogens (tertiary/aromatic N) is 5. The summed E-state index contributed by atoms with van der Waals surface area (Å²) < 4.78 is 1.78. The summed E-state index contributed by atoms with van der Waals surface area (Å²) >= 11 is 1.52. The van der Waals surface area contributed by atoms with Crippen LogP contribution in [0.5, 0.6) is 0 Å². The largest absolute Gasteiger partial charge is 0.346 e. The second kappa shape index (κ2) is 6.77. The molecular formula is C22H21N5O2S. The van der Waals surface area contributed by atoms with E-state index >= 15 is 0 Å². The lowest BCUT2D eigenvalue weighted by atomic mass is 9.78. The zero-order valence-electron chi connectivity index (χ0n) is 16.3. The van der Waals surface area contributed by atoms with Gasteiger partial charge in [0.25, 0.3) is 5.56 Å². The van der Waals surface area contributed by atoms with Crippen LogP contribution in [0.15, 0.2) is 52.8 Å². The zero-order valence-corrected chi connectivity index (χ0v) is 17.2. The first-order valence-electron chi connectivity index (χ1n) is 10.3. The van der Waals surface area contributed by atoms with E-state index in [1.807, 2.05) is 29.2 Å². The third-order valence-electron chi connectivity index (χ3n) is 6.67. The highest BCUT2D eigenvalue weighted by atomic mass is 32.1. The maximum absolute atomic E-state index is 13.8. The van der Waals surface area contributed by atoms with Crippen molar-refractivity contribution in [3.8, 4) is 0 Å². The van der Waals surface area contributed by atoms with E-state index in [1.54, 1.807) is 16.1 Å². The monoisotopic (exact) mass is 419 g/mol. The maximum atomic E-state index is 13.8. The maximum Gasteiger partial charge on any atom is 0.251 e. The molecule has 3 aliphatic heterocycles. The van der Waals surface area contributed by atoms with Gasteiger partial charge >= 0.3 is 0 Å². The normalized spacial score (nSPS) is 24.5. The molecule has 152 valence electrons. The molecule has 5 heterocycles. The molecule has 7 nitrogen and oxygen atoms in total. The molecule has 3 aromatic rings. The Morgan fingerprint density at radius 3 is 2.57 bits per heavy atom. The van der Waals surface area contributed by atoms with Crippen molar-refractivity contribution in [1.82, 2.24) is 19.7 Å². The molecule has 30 heavy (non-hydrogen) atoms. The predicted octanol–water partition coefficient (Wildman–Crippen LogP) is 2.41. The fourth-order valence-electron chi connectivity index (χ4n) is 5.39. The molecule has 1 aromatic carbocycles. The number of aromatic nitrogens is 3. The minimum absolute atomic E-state index is 0.0447. The zero-order chi connectivity index (χ0) is 20.2. The van der Waals surface area contributed by atoms with Gasteiger partial charge in [0.2, 0.25) is 11.0 Å². The lowest BCUT2D eigenvalue weighted by molar-refractivity contribution is -0.138. The van der Waals surface area contributed by atoms with Gasteiger partial charge in [0, 0.05) is 49.8 Å². The number of amides is 1.